The molecule has 0 aliphatic rings. The molecule has 0 bridgehead atoms. The number of hydrogen-bond acceptors (Lipinski definition) is 6. The van der Waals surface area contributed by atoms with E-state index in [0.717, 1.165) is 4.88 Å². The standard InChI is InChI=1S/C23H21N3O4S2/c1-17-4-7-21(31-17)16-26(15-20-3-2-14-30-20)23(27)18-5-8-22(9-6-18)32(28,29)25-19-10-12-24-13-11-19/h2-14H,15-16H2,1H3,(H,24,25). The summed E-state index contributed by atoms with van der Waals surface area (Å²) in [5.74, 6) is 0.464. The van der Waals surface area contributed by atoms with Crippen LogP contribution in [0.4, 0.5) is 5.69 Å². The number of anilines is 1. The summed E-state index contributed by atoms with van der Waals surface area (Å²) in [5.41, 5.74) is 0.809. The summed E-state index contributed by atoms with van der Waals surface area (Å²) in [5, 5.41) is 0. The molecular formula is C23H21N3O4S2. The maximum Gasteiger partial charge on any atom is 0.261 e. The molecule has 0 unspecified atom stereocenters. The minimum absolute atomic E-state index is 0.0670. The van der Waals surface area contributed by atoms with Crippen LogP contribution in [0.5, 0.6) is 0 Å². The van der Waals surface area contributed by atoms with Gasteiger partial charge in [-0.05, 0) is 67.6 Å². The summed E-state index contributed by atoms with van der Waals surface area (Å²) in [4.78, 5) is 21.1. The Morgan fingerprint density at radius 1 is 1.03 bits per heavy atom. The molecule has 32 heavy (non-hydrogen) atoms. The van der Waals surface area contributed by atoms with E-state index in [9.17, 15) is 13.2 Å². The Labute approximate surface area is 190 Å². The van der Waals surface area contributed by atoms with Gasteiger partial charge in [-0.2, -0.15) is 0 Å². The van der Waals surface area contributed by atoms with Crippen LogP contribution >= 0.6 is 11.3 Å². The van der Waals surface area contributed by atoms with Gasteiger partial charge in [-0.15, -0.1) is 11.3 Å². The first-order valence-electron chi connectivity index (χ1n) is 9.80. The fourth-order valence-electron chi connectivity index (χ4n) is 3.14. The van der Waals surface area contributed by atoms with Crippen LogP contribution in [-0.2, 0) is 23.1 Å². The Hall–Kier alpha value is -3.43. The Morgan fingerprint density at radius 3 is 2.41 bits per heavy atom. The predicted molar refractivity (Wildman–Crippen MR) is 123 cm³/mol. The molecule has 7 nitrogen and oxygen atoms in total. The largest absolute Gasteiger partial charge is 0.467 e. The number of furan rings is 1. The number of pyridine rings is 1. The number of hydrogen-bond donors (Lipinski definition) is 1. The van der Waals surface area contributed by atoms with Gasteiger partial charge in [-0.3, -0.25) is 14.5 Å². The second-order valence-electron chi connectivity index (χ2n) is 7.12. The van der Waals surface area contributed by atoms with Crippen molar-refractivity contribution in [1.82, 2.24) is 9.88 Å². The van der Waals surface area contributed by atoms with Crippen LogP contribution in [0, 0.1) is 6.92 Å². The quantitative estimate of drug-likeness (QED) is 0.406. The van der Waals surface area contributed by atoms with E-state index < -0.39 is 10.0 Å². The van der Waals surface area contributed by atoms with E-state index in [1.54, 1.807) is 40.7 Å². The summed E-state index contributed by atoms with van der Waals surface area (Å²) >= 11 is 1.63. The van der Waals surface area contributed by atoms with Gasteiger partial charge in [0.25, 0.3) is 15.9 Å². The van der Waals surface area contributed by atoms with Gasteiger partial charge < -0.3 is 9.32 Å². The molecule has 0 radical (unpaired) electrons. The number of nitrogens with one attached hydrogen (secondary N) is 1. The molecule has 3 heterocycles. The van der Waals surface area contributed by atoms with Crippen LogP contribution in [0.2, 0.25) is 0 Å². The van der Waals surface area contributed by atoms with Crippen LogP contribution < -0.4 is 4.72 Å². The molecule has 0 saturated heterocycles. The highest BCUT2D eigenvalue weighted by molar-refractivity contribution is 7.92. The minimum Gasteiger partial charge on any atom is -0.467 e. The zero-order chi connectivity index (χ0) is 22.6. The number of carbonyl (C=O) groups excluding carboxylic acids is 1. The highest BCUT2D eigenvalue weighted by Gasteiger charge is 2.20. The zero-order valence-electron chi connectivity index (χ0n) is 17.3. The van der Waals surface area contributed by atoms with Gasteiger partial charge in [-0.25, -0.2) is 8.42 Å². The fraction of sp³-hybridized carbons (Fsp3) is 0.130. The van der Waals surface area contributed by atoms with Crippen molar-refractivity contribution in [3.05, 3.63) is 100 Å². The summed E-state index contributed by atoms with van der Waals surface area (Å²) in [6, 6.07) is 16.7. The average Bonchev–Trinajstić information content (AvgIpc) is 3.45. The van der Waals surface area contributed by atoms with E-state index in [1.165, 1.54) is 41.5 Å². The van der Waals surface area contributed by atoms with Gasteiger partial charge in [0.05, 0.1) is 29.9 Å². The Balaban J connectivity index is 1.54. The van der Waals surface area contributed by atoms with Crippen molar-refractivity contribution >= 4 is 33.0 Å². The average molecular weight is 468 g/mol. The number of amides is 1. The first-order valence-corrected chi connectivity index (χ1v) is 12.1. The second kappa shape index (κ2) is 9.37. The number of carbonyl (C=O) groups is 1. The van der Waals surface area contributed by atoms with E-state index in [-0.39, 0.29) is 10.8 Å². The number of aromatic nitrogens is 1. The lowest BCUT2D eigenvalue weighted by Crippen LogP contribution is -2.29. The van der Waals surface area contributed by atoms with E-state index in [2.05, 4.69) is 9.71 Å². The predicted octanol–water partition coefficient (Wildman–Crippen LogP) is 4.69. The maximum atomic E-state index is 13.3. The second-order valence-corrected chi connectivity index (χ2v) is 10.2. The Morgan fingerprint density at radius 2 is 1.78 bits per heavy atom. The summed E-state index contributed by atoms with van der Waals surface area (Å²) in [7, 11) is -3.78. The van der Waals surface area contributed by atoms with Gasteiger partial charge in [0.1, 0.15) is 5.76 Å². The molecule has 9 heteroatoms. The van der Waals surface area contributed by atoms with Crippen LogP contribution in [0.1, 0.15) is 25.9 Å². The summed E-state index contributed by atoms with van der Waals surface area (Å²) in [6.45, 7) is 2.76. The number of rotatable bonds is 8. The first kappa shape index (κ1) is 21.8. The van der Waals surface area contributed by atoms with Crippen LogP contribution in [-0.4, -0.2) is 24.2 Å². The summed E-state index contributed by atoms with van der Waals surface area (Å²) < 4.78 is 33.2. The summed E-state index contributed by atoms with van der Waals surface area (Å²) in [6.07, 6.45) is 4.58. The smallest absolute Gasteiger partial charge is 0.261 e. The third-order valence-electron chi connectivity index (χ3n) is 4.70. The van der Waals surface area contributed by atoms with Gasteiger partial charge >= 0.3 is 0 Å². The topological polar surface area (TPSA) is 92.5 Å². The molecular weight excluding hydrogens is 446 g/mol. The van der Waals surface area contributed by atoms with Crippen molar-refractivity contribution < 1.29 is 17.6 Å². The maximum absolute atomic E-state index is 13.3. The van der Waals surface area contributed by atoms with E-state index in [1.807, 2.05) is 25.1 Å². The lowest BCUT2D eigenvalue weighted by atomic mass is 10.2. The number of nitrogens with zero attached hydrogens (tertiary/aromatic N) is 2. The normalized spacial score (nSPS) is 11.3. The van der Waals surface area contributed by atoms with Crippen molar-refractivity contribution in [2.45, 2.75) is 24.9 Å². The van der Waals surface area contributed by atoms with Crippen LogP contribution in [0.15, 0.2) is 88.6 Å². The molecule has 0 spiro atoms. The number of benzene rings is 1. The van der Waals surface area contributed by atoms with Crippen molar-refractivity contribution in [2.75, 3.05) is 4.72 Å². The minimum atomic E-state index is -3.78. The van der Waals surface area contributed by atoms with Gasteiger partial charge in [-0.1, -0.05) is 0 Å². The highest BCUT2D eigenvalue weighted by Crippen LogP contribution is 2.22. The van der Waals surface area contributed by atoms with Gasteiger partial charge in [0.2, 0.25) is 0 Å². The molecule has 0 aliphatic carbocycles. The van der Waals surface area contributed by atoms with E-state index >= 15 is 0 Å². The lowest BCUT2D eigenvalue weighted by molar-refractivity contribution is 0.0719. The molecule has 0 fully saturated rings. The third-order valence-corrected chi connectivity index (χ3v) is 7.08. The highest BCUT2D eigenvalue weighted by atomic mass is 32.2. The molecule has 1 N–H and O–H groups in total. The SMILES string of the molecule is Cc1ccc(CN(Cc2ccco2)C(=O)c2ccc(S(=O)(=O)Nc3ccncc3)cc2)s1. The Kier molecular flexibility index (Phi) is 6.38. The molecule has 0 saturated carbocycles. The molecule has 1 amide bonds. The zero-order valence-corrected chi connectivity index (χ0v) is 18.9. The van der Waals surface area contributed by atoms with Crippen molar-refractivity contribution in [2.24, 2.45) is 0 Å². The van der Waals surface area contributed by atoms with Gasteiger partial charge in [0.15, 0.2) is 0 Å². The molecule has 4 aromatic rings. The number of thiophene rings is 1. The van der Waals surface area contributed by atoms with Crippen molar-refractivity contribution in [3.63, 3.8) is 0 Å². The molecule has 0 atom stereocenters. The lowest BCUT2D eigenvalue weighted by Gasteiger charge is -2.21. The van der Waals surface area contributed by atoms with E-state index in [0.29, 0.717) is 30.1 Å². The van der Waals surface area contributed by atoms with Crippen molar-refractivity contribution in [1.29, 1.82) is 0 Å². The molecule has 1 aromatic carbocycles. The van der Waals surface area contributed by atoms with Crippen LogP contribution in [0.3, 0.4) is 0 Å². The Bertz CT molecular complexity index is 1280. The molecule has 4 rings (SSSR count). The van der Waals surface area contributed by atoms with Crippen molar-refractivity contribution in [3.8, 4) is 0 Å². The first-order chi connectivity index (χ1) is 15.4. The molecule has 3 aromatic heterocycles. The molecule has 164 valence electrons. The third kappa shape index (κ3) is 5.24. The van der Waals surface area contributed by atoms with E-state index in [4.69, 9.17) is 4.42 Å². The molecule has 0 aliphatic heterocycles. The van der Waals surface area contributed by atoms with Crippen LogP contribution in [0.25, 0.3) is 0 Å². The number of aryl methyl sites for hydroxylation is 1. The monoisotopic (exact) mass is 467 g/mol. The number of sulfonamides is 1. The van der Waals surface area contributed by atoms with Gasteiger partial charge in [0, 0.05) is 27.7 Å². The fourth-order valence-corrected chi connectivity index (χ4v) is 5.11.